The number of hydrogen-bond acceptors (Lipinski definition) is 4. The smallest absolute Gasteiger partial charge is 0.323 e. The Morgan fingerprint density at radius 3 is 2.42 bits per heavy atom. The summed E-state index contributed by atoms with van der Waals surface area (Å²) in [6, 6.07) is 12.2. The van der Waals surface area contributed by atoms with Crippen LogP contribution in [0.2, 0.25) is 0 Å². The molecule has 0 bridgehead atoms. The van der Waals surface area contributed by atoms with Crippen molar-refractivity contribution in [3.05, 3.63) is 65.4 Å². The summed E-state index contributed by atoms with van der Waals surface area (Å²) in [5.41, 5.74) is 8.64. The van der Waals surface area contributed by atoms with E-state index < -0.39 is 12.5 Å². The van der Waals surface area contributed by atoms with Crippen molar-refractivity contribution in [2.45, 2.75) is 32.6 Å². The fourth-order valence-corrected chi connectivity index (χ4v) is 3.77. The molecule has 0 atom stereocenters. The first-order valence-corrected chi connectivity index (χ1v) is 10.8. The van der Waals surface area contributed by atoms with Crippen LogP contribution in [0.15, 0.2) is 48.7 Å². The number of nitrogen functional groups attached to an aromatic ring is 1. The lowest BCUT2D eigenvalue weighted by Gasteiger charge is -2.21. The Labute approximate surface area is 192 Å². The van der Waals surface area contributed by atoms with Gasteiger partial charge in [0, 0.05) is 53.8 Å². The lowest BCUT2D eigenvalue weighted by molar-refractivity contribution is -0.136. The number of nitrogens with two attached hydrogens (primary N) is 1. The van der Waals surface area contributed by atoms with Gasteiger partial charge in [-0.3, -0.25) is 19.8 Å². The number of rotatable bonds is 10. The largest absolute Gasteiger partial charge is 0.480 e. The molecule has 0 fully saturated rings. The molecule has 0 aliphatic rings. The minimum absolute atomic E-state index is 0.0335. The zero-order valence-electron chi connectivity index (χ0n) is 18.8. The van der Waals surface area contributed by atoms with Crippen LogP contribution in [-0.4, -0.2) is 39.7 Å². The molecule has 1 heterocycles. The van der Waals surface area contributed by atoms with Gasteiger partial charge in [-0.1, -0.05) is 37.6 Å². The number of unbranched alkanes of at least 4 members (excludes halogenated alkanes) is 1. The van der Waals surface area contributed by atoms with Crippen LogP contribution in [0.25, 0.3) is 10.9 Å². The van der Waals surface area contributed by atoms with E-state index in [0.29, 0.717) is 28.6 Å². The van der Waals surface area contributed by atoms with Gasteiger partial charge in [0.2, 0.25) is 5.91 Å². The third kappa shape index (κ3) is 5.46. The molecular formula is C25H28N4O4. The molecule has 3 rings (SSSR count). The van der Waals surface area contributed by atoms with Gasteiger partial charge in [0.15, 0.2) is 5.78 Å². The van der Waals surface area contributed by atoms with Crippen molar-refractivity contribution in [3.63, 3.8) is 0 Å². The van der Waals surface area contributed by atoms with Crippen LogP contribution < -0.4 is 10.6 Å². The van der Waals surface area contributed by atoms with Gasteiger partial charge >= 0.3 is 5.97 Å². The molecule has 1 aromatic heterocycles. The number of aromatic nitrogens is 1. The fourth-order valence-electron chi connectivity index (χ4n) is 3.77. The van der Waals surface area contributed by atoms with E-state index in [1.165, 1.54) is 4.90 Å². The zero-order chi connectivity index (χ0) is 24.1. The molecule has 0 aliphatic heterocycles. The van der Waals surface area contributed by atoms with Crippen LogP contribution in [0, 0.1) is 5.41 Å². The summed E-state index contributed by atoms with van der Waals surface area (Å²) in [5.74, 6) is -1.49. The summed E-state index contributed by atoms with van der Waals surface area (Å²) in [5, 5.41) is 17.5. The average molecular weight is 449 g/mol. The van der Waals surface area contributed by atoms with Crippen molar-refractivity contribution >= 4 is 40.1 Å². The number of fused-ring (bicyclic) bond motifs is 1. The van der Waals surface area contributed by atoms with Gasteiger partial charge < -0.3 is 20.3 Å². The van der Waals surface area contributed by atoms with E-state index in [0.717, 1.165) is 17.5 Å². The minimum Gasteiger partial charge on any atom is -0.480 e. The second kappa shape index (κ2) is 10.1. The van der Waals surface area contributed by atoms with Gasteiger partial charge in [0.25, 0.3) is 0 Å². The number of carbonyl (C=O) groups is 3. The van der Waals surface area contributed by atoms with E-state index in [2.05, 4.69) is 0 Å². The predicted molar refractivity (Wildman–Crippen MR) is 128 cm³/mol. The number of amides is 1. The van der Waals surface area contributed by atoms with Crippen LogP contribution in [0.1, 0.15) is 47.7 Å². The van der Waals surface area contributed by atoms with Crippen molar-refractivity contribution in [2.75, 3.05) is 11.4 Å². The van der Waals surface area contributed by atoms with Gasteiger partial charge in [0.05, 0.1) is 0 Å². The predicted octanol–water partition coefficient (Wildman–Crippen LogP) is 3.50. The highest BCUT2D eigenvalue weighted by Crippen LogP contribution is 2.28. The van der Waals surface area contributed by atoms with Crippen molar-refractivity contribution in [2.24, 2.45) is 12.8 Å². The normalized spacial score (nSPS) is 10.8. The van der Waals surface area contributed by atoms with Crippen molar-refractivity contribution in [1.29, 1.82) is 5.41 Å². The summed E-state index contributed by atoms with van der Waals surface area (Å²) in [6.45, 7) is 1.53. The van der Waals surface area contributed by atoms with Crippen LogP contribution in [0.3, 0.4) is 0 Å². The first-order chi connectivity index (χ1) is 15.7. The van der Waals surface area contributed by atoms with Crippen LogP contribution in [0.5, 0.6) is 0 Å². The first kappa shape index (κ1) is 23.7. The molecule has 3 aromatic rings. The lowest BCUT2D eigenvalue weighted by Crippen LogP contribution is -2.35. The van der Waals surface area contributed by atoms with Gasteiger partial charge in [-0.25, -0.2) is 0 Å². The zero-order valence-corrected chi connectivity index (χ0v) is 18.8. The van der Waals surface area contributed by atoms with Gasteiger partial charge in [0.1, 0.15) is 12.4 Å². The number of carboxylic acids is 1. The summed E-state index contributed by atoms with van der Waals surface area (Å²) in [4.78, 5) is 38.5. The number of carboxylic acid groups (broad SMARTS) is 1. The maximum Gasteiger partial charge on any atom is 0.323 e. The molecule has 0 unspecified atom stereocenters. The number of hydrogen-bond donors (Lipinski definition) is 3. The van der Waals surface area contributed by atoms with Gasteiger partial charge in [-0.15, -0.1) is 0 Å². The fraction of sp³-hybridized carbons (Fsp3) is 0.280. The van der Waals surface area contributed by atoms with Crippen molar-refractivity contribution < 1.29 is 19.5 Å². The van der Waals surface area contributed by atoms with E-state index in [-0.39, 0.29) is 30.4 Å². The summed E-state index contributed by atoms with van der Waals surface area (Å²) < 4.78 is 1.84. The molecule has 172 valence electrons. The third-order valence-corrected chi connectivity index (χ3v) is 5.55. The molecule has 8 heteroatoms. The highest BCUT2D eigenvalue weighted by Gasteiger charge is 2.21. The molecule has 33 heavy (non-hydrogen) atoms. The first-order valence-electron chi connectivity index (χ1n) is 10.8. The Kier molecular flexibility index (Phi) is 7.27. The van der Waals surface area contributed by atoms with E-state index in [4.69, 9.17) is 11.1 Å². The van der Waals surface area contributed by atoms with Gasteiger partial charge in [-0.2, -0.15) is 0 Å². The van der Waals surface area contributed by atoms with Crippen LogP contribution in [0.4, 0.5) is 5.69 Å². The number of nitrogens with one attached hydrogen (secondary N) is 1. The Balaban J connectivity index is 1.95. The van der Waals surface area contributed by atoms with E-state index in [1.807, 2.05) is 18.5 Å². The van der Waals surface area contributed by atoms with Crippen molar-refractivity contribution in [1.82, 2.24) is 4.57 Å². The maximum atomic E-state index is 13.1. The standard InChI is InChI=1S/C25H28N4O4/c1-3-4-5-23(31)29(15-24(32)33)18-10-11-21-19(13-18)20(14-28(21)2)22(30)12-16-6-8-17(9-7-16)25(26)27/h6-11,13-14H,3-5,12,15H2,1-2H3,(H3,26,27)(H,32,33). The molecule has 1 amide bonds. The maximum absolute atomic E-state index is 13.1. The molecule has 0 aliphatic carbocycles. The highest BCUT2D eigenvalue weighted by molar-refractivity contribution is 6.10. The molecule has 0 saturated heterocycles. The van der Waals surface area contributed by atoms with Crippen LogP contribution >= 0.6 is 0 Å². The molecule has 0 saturated carbocycles. The number of aryl methyl sites for hydroxylation is 1. The SMILES string of the molecule is CCCCC(=O)N(CC(=O)O)c1ccc2c(c1)c(C(=O)Cc1ccc(C(=N)N)cc1)cn2C. The molecule has 0 radical (unpaired) electrons. The van der Waals surface area contributed by atoms with E-state index in [1.54, 1.807) is 48.7 Å². The second-order valence-electron chi connectivity index (χ2n) is 8.04. The molecule has 4 N–H and O–H groups in total. The summed E-state index contributed by atoms with van der Waals surface area (Å²) in [7, 11) is 1.84. The molecule has 0 spiro atoms. The second-order valence-corrected chi connectivity index (χ2v) is 8.04. The topological polar surface area (TPSA) is 129 Å². The Bertz CT molecular complexity index is 1210. The average Bonchev–Trinajstić information content (AvgIpc) is 3.12. The number of amidine groups is 1. The number of carbonyl (C=O) groups excluding carboxylic acids is 2. The summed E-state index contributed by atoms with van der Waals surface area (Å²) in [6.07, 6.45) is 3.68. The minimum atomic E-state index is -1.10. The molecular weight excluding hydrogens is 420 g/mol. The van der Waals surface area contributed by atoms with Crippen LogP contribution in [-0.2, 0) is 23.1 Å². The van der Waals surface area contributed by atoms with E-state index >= 15 is 0 Å². The highest BCUT2D eigenvalue weighted by atomic mass is 16.4. The Morgan fingerprint density at radius 2 is 1.82 bits per heavy atom. The van der Waals surface area contributed by atoms with Crippen molar-refractivity contribution in [3.8, 4) is 0 Å². The number of benzene rings is 2. The number of ketones is 1. The quantitative estimate of drug-likeness (QED) is 0.248. The summed E-state index contributed by atoms with van der Waals surface area (Å²) >= 11 is 0. The molecule has 2 aromatic carbocycles. The van der Waals surface area contributed by atoms with E-state index in [9.17, 15) is 19.5 Å². The third-order valence-electron chi connectivity index (χ3n) is 5.55. The monoisotopic (exact) mass is 448 g/mol. The number of nitrogens with zero attached hydrogens (tertiary/aromatic N) is 2. The van der Waals surface area contributed by atoms with Gasteiger partial charge in [-0.05, 0) is 30.2 Å². The number of anilines is 1. The Hall–Kier alpha value is -3.94. The number of aliphatic carboxylic acids is 1. The lowest BCUT2D eigenvalue weighted by atomic mass is 10.0. The number of Topliss-reactive ketones (excluding diaryl/α,β-unsaturated/α-hetero) is 1. The Morgan fingerprint density at radius 1 is 1.12 bits per heavy atom. The molecule has 8 nitrogen and oxygen atoms in total.